The van der Waals surface area contributed by atoms with E-state index in [0.717, 1.165) is 65.4 Å². The Hall–Kier alpha value is -0.240. The van der Waals surface area contributed by atoms with Gasteiger partial charge in [0.05, 0.1) is 0 Å². The highest BCUT2D eigenvalue weighted by atomic mass is 15.2. The van der Waals surface area contributed by atoms with Crippen LogP contribution in [-0.4, -0.2) is 101 Å². The van der Waals surface area contributed by atoms with Crippen molar-refractivity contribution in [2.24, 2.45) is 0 Å². The summed E-state index contributed by atoms with van der Waals surface area (Å²) in [4.78, 5) is 4.88. The van der Waals surface area contributed by atoms with Crippen LogP contribution >= 0.6 is 0 Å². The fourth-order valence-corrected chi connectivity index (χ4v) is 2.96. The van der Waals surface area contributed by atoms with E-state index in [0.29, 0.717) is 12.1 Å². The van der Waals surface area contributed by atoms with Gasteiger partial charge in [0.25, 0.3) is 0 Å². The second-order valence-corrected chi connectivity index (χ2v) is 6.23. The van der Waals surface area contributed by atoms with Crippen molar-refractivity contribution in [2.45, 2.75) is 12.1 Å². The average Bonchev–Trinajstić information content (AvgIpc) is 2.47. The van der Waals surface area contributed by atoms with Crippen molar-refractivity contribution < 1.29 is 0 Å². The monoisotopic (exact) mass is 284 g/mol. The first kappa shape index (κ1) is 16.1. The number of rotatable bonds is 7. The standard InChI is InChI=1S/C14H32N6/c1-19(11-13-9-15-3-5-17-13)7-8-20(2)12-14-10-16-4-6-18-14/h13-18H,3-12H2,1-2H3. The van der Waals surface area contributed by atoms with Crippen LogP contribution in [0.5, 0.6) is 0 Å². The highest BCUT2D eigenvalue weighted by molar-refractivity contribution is 4.80. The molecule has 0 aromatic heterocycles. The maximum atomic E-state index is 3.57. The van der Waals surface area contributed by atoms with E-state index >= 15 is 0 Å². The van der Waals surface area contributed by atoms with Gasteiger partial charge in [-0.15, -0.1) is 0 Å². The van der Waals surface area contributed by atoms with Gasteiger partial charge in [-0.05, 0) is 14.1 Å². The molecule has 2 fully saturated rings. The summed E-state index contributed by atoms with van der Waals surface area (Å²) in [5, 5.41) is 14.0. The largest absolute Gasteiger partial charge is 0.314 e. The van der Waals surface area contributed by atoms with Crippen molar-refractivity contribution in [3.8, 4) is 0 Å². The Morgan fingerprint density at radius 3 is 1.55 bits per heavy atom. The van der Waals surface area contributed by atoms with Gasteiger partial charge in [-0.25, -0.2) is 0 Å². The molecule has 2 aliphatic heterocycles. The van der Waals surface area contributed by atoms with Gasteiger partial charge >= 0.3 is 0 Å². The summed E-state index contributed by atoms with van der Waals surface area (Å²) in [6.07, 6.45) is 0. The Labute approximate surface area is 123 Å². The lowest BCUT2D eigenvalue weighted by atomic mass is 10.2. The summed E-state index contributed by atoms with van der Waals surface area (Å²) < 4.78 is 0. The maximum absolute atomic E-state index is 3.57. The van der Waals surface area contributed by atoms with Gasteiger partial charge in [0.1, 0.15) is 0 Å². The molecule has 0 bridgehead atoms. The molecule has 4 N–H and O–H groups in total. The lowest BCUT2D eigenvalue weighted by Gasteiger charge is -2.31. The van der Waals surface area contributed by atoms with Crippen LogP contribution in [0.15, 0.2) is 0 Å². The molecule has 0 aromatic carbocycles. The van der Waals surface area contributed by atoms with Crippen LogP contribution in [0, 0.1) is 0 Å². The predicted octanol–water partition coefficient (Wildman–Crippen LogP) is -2.03. The fourth-order valence-electron chi connectivity index (χ4n) is 2.96. The molecule has 0 spiro atoms. The first-order chi connectivity index (χ1) is 9.74. The first-order valence-corrected chi connectivity index (χ1v) is 7.99. The number of nitrogens with zero attached hydrogens (tertiary/aromatic N) is 2. The zero-order chi connectivity index (χ0) is 14.2. The van der Waals surface area contributed by atoms with Gasteiger partial charge in [-0.2, -0.15) is 0 Å². The second-order valence-electron chi connectivity index (χ2n) is 6.23. The molecule has 6 nitrogen and oxygen atoms in total. The third kappa shape index (κ3) is 6.03. The van der Waals surface area contributed by atoms with Gasteiger partial charge in [-0.1, -0.05) is 0 Å². The fraction of sp³-hybridized carbons (Fsp3) is 1.00. The van der Waals surface area contributed by atoms with E-state index < -0.39 is 0 Å². The topological polar surface area (TPSA) is 54.6 Å². The minimum Gasteiger partial charge on any atom is -0.314 e. The SMILES string of the molecule is CN(CCN(C)CC1CNCCN1)CC1CNCCN1. The summed E-state index contributed by atoms with van der Waals surface area (Å²) in [6.45, 7) is 11.1. The Kier molecular flexibility index (Phi) is 7.19. The van der Waals surface area contributed by atoms with Crippen molar-refractivity contribution >= 4 is 0 Å². The Morgan fingerprint density at radius 1 is 0.750 bits per heavy atom. The van der Waals surface area contributed by atoms with E-state index in [-0.39, 0.29) is 0 Å². The number of hydrogen-bond donors (Lipinski definition) is 4. The predicted molar refractivity (Wildman–Crippen MR) is 84.3 cm³/mol. The quantitative estimate of drug-likeness (QED) is 0.433. The normalized spacial score (nSPS) is 28.2. The summed E-state index contributed by atoms with van der Waals surface area (Å²) in [5.41, 5.74) is 0. The molecular formula is C14H32N6. The summed E-state index contributed by atoms with van der Waals surface area (Å²) >= 11 is 0. The summed E-state index contributed by atoms with van der Waals surface area (Å²) in [5.74, 6) is 0. The average molecular weight is 284 g/mol. The van der Waals surface area contributed by atoms with E-state index in [1.54, 1.807) is 0 Å². The summed E-state index contributed by atoms with van der Waals surface area (Å²) in [6, 6.07) is 1.20. The number of hydrogen-bond acceptors (Lipinski definition) is 6. The van der Waals surface area contributed by atoms with Crippen LogP contribution < -0.4 is 21.3 Å². The van der Waals surface area contributed by atoms with E-state index in [9.17, 15) is 0 Å². The Balaban J connectivity index is 1.55. The molecule has 0 aliphatic carbocycles. The molecule has 2 rings (SSSR count). The zero-order valence-corrected chi connectivity index (χ0v) is 13.1. The third-order valence-corrected chi connectivity index (χ3v) is 4.18. The molecule has 0 amide bonds. The highest BCUT2D eigenvalue weighted by Crippen LogP contribution is 1.95. The van der Waals surface area contributed by atoms with E-state index in [4.69, 9.17) is 0 Å². The Bertz CT molecular complexity index is 224. The zero-order valence-electron chi connectivity index (χ0n) is 13.1. The van der Waals surface area contributed by atoms with Gasteiger partial charge in [0.2, 0.25) is 0 Å². The Morgan fingerprint density at radius 2 is 1.20 bits per heavy atom. The lowest BCUT2D eigenvalue weighted by Crippen LogP contribution is -2.54. The molecule has 20 heavy (non-hydrogen) atoms. The van der Waals surface area contributed by atoms with E-state index in [1.807, 2.05) is 0 Å². The van der Waals surface area contributed by atoms with Crippen LogP contribution in [-0.2, 0) is 0 Å². The molecule has 2 unspecified atom stereocenters. The van der Waals surface area contributed by atoms with Crippen LogP contribution in [0.2, 0.25) is 0 Å². The van der Waals surface area contributed by atoms with Gasteiger partial charge in [0.15, 0.2) is 0 Å². The van der Waals surface area contributed by atoms with E-state index in [1.165, 1.54) is 0 Å². The number of likely N-dealkylation sites (N-methyl/N-ethyl adjacent to an activating group) is 2. The molecule has 0 saturated carbocycles. The molecule has 2 saturated heterocycles. The van der Waals surface area contributed by atoms with Crippen molar-refractivity contribution in [1.29, 1.82) is 0 Å². The molecule has 2 atom stereocenters. The minimum absolute atomic E-state index is 0.600. The van der Waals surface area contributed by atoms with Crippen LogP contribution in [0.4, 0.5) is 0 Å². The molecule has 0 radical (unpaired) electrons. The maximum Gasteiger partial charge on any atom is 0.0320 e. The molecule has 2 aliphatic rings. The number of piperazine rings is 2. The van der Waals surface area contributed by atoms with Crippen molar-refractivity contribution in [3.63, 3.8) is 0 Å². The minimum atomic E-state index is 0.600. The lowest BCUT2D eigenvalue weighted by molar-refractivity contribution is 0.214. The van der Waals surface area contributed by atoms with Gasteiger partial charge in [-0.3, -0.25) is 0 Å². The third-order valence-electron chi connectivity index (χ3n) is 4.18. The highest BCUT2D eigenvalue weighted by Gasteiger charge is 2.16. The number of nitrogens with one attached hydrogen (secondary N) is 4. The van der Waals surface area contributed by atoms with Crippen molar-refractivity contribution in [1.82, 2.24) is 31.1 Å². The summed E-state index contributed by atoms with van der Waals surface area (Å²) in [7, 11) is 4.45. The molecule has 2 heterocycles. The van der Waals surface area contributed by atoms with E-state index in [2.05, 4.69) is 45.2 Å². The van der Waals surface area contributed by atoms with Crippen LogP contribution in [0.1, 0.15) is 0 Å². The van der Waals surface area contributed by atoms with Gasteiger partial charge in [0, 0.05) is 77.5 Å². The second kappa shape index (κ2) is 8.92. The molecular weight excluding hydrogens is 252 g/mol. The first-order valence-electron chi connectivity index (χ1n) is 7.99. The molecule has 0 aromatic rings. The van der Waals surface area contributed by atoms with Crippen molar-refractivity contribution in [3.05, 3.63) is 0 Å². The van der Waals surface area contributed by atoms with Crippen molar-refractivity contribution in [2.75, 3.05) is 79.5 Å². The van der Waals surface area contributed by atoms with Crippen LogP contribution in [0.25, 0.3) is 0 Å². The molecule has 6 heteroatoms. The molecule has 118 valence electrons. The van der Waals surface area contributed by atoms with Gasteiger partial charge < -0.3 is 31.1 Å². The smallest absolute Gasteiger partial charge is 0.0320 e. The van der Waals surface area contributed by atoms with Crippen LogP contribution in [0.3, 0.4) is 0 Å².